The Hall–Kier alpha value is -3.18. The van der Waals surface area contributed by atoms with Gasteiger partial charge in [0.2, 0.25) is 0 Å². The van der Waals surface area contributed by atoms with E-state index in [1.165, 1.54) is 6.92 Å². The van der Waals surface area contributed by atoms with Gasteiger partial charge in [0.1, 0.15) is 11.5 Å². The summed E-state index contributed by atoms with van der Waals surface area (Å²) in [6.07, 6.45) is 0.384. The van der Waals surface area contributed by atoms with Gasteiger partial charge in [-0.25, -0.2) is 0 Å². The van der Waals surface area contributed by atoms with Crippen molar-refractivity contribution in [2.45, 2.75) is 32.3 Å². The zero-order valence-electron chi connectivity index (χ0n) is 17.2. The van der Waals surface area contributed by atoms with Crippen LogP contribution in [0.25, 0.3) is 10.8 Å². The van der Waals surface area contributed by atoms with Crippen LogP contribution in [0.15, 0.2) is 60.7 Å². The van der Waals surface area contributed by atoms with Gasteiger partial charge < -0.3 is 14.7 Å². The summed E-state index contributed by atoms with van der Waals surface area (Å²) in [6, 6.07) is 19.5. The number of aliphatic hydroxyl groups is 1. The average molecular weight is 403 g/mol. The summed E-state index contributed by atoms with van der Waals surface area (Å²) in [7, 11) is 0. The maximum Gasteiger partial charge on any atom is 0.264 e. The molecular weight excluding hydrogens is 378 g/mol. The lowest BCUT2D eigenvalue weighted by Gasteiger charge is -2.22. The molecule has 5 nitrogen and oxygen atoms in total. The maximum absolute atomic E-state index is 13.1. The van der Waals surface area contributed by atoms with Crippen molar-refractivity contribution in [1.29, 1.82) is 0 Å². The number of aryl methyl sites for hydroxylation is 1. The number of anilines is 1. The Labute approximate surface area is 175 Å². The van der Waals surface area contributed by atoms with E-state index in [2.05, 4.69) is 6.07 Å². The quantitative estimate of drug-likeness (QED) is 0.603. The smallest absolute Gasteiger partial charge is 0.264 e. The van der Waals surface area contributed by atoms with Gasteiger partial charge in [0.05, 0.1) is 12.3 Å². The first-order valence-corrected chi connectivity index (χ1v) is 10.2. The van der Waals surface area contributed by atoms with Crippen molar-refractivity contribution in [3.63, 3.8) is 0 Å². The molecule has 1 N–H and O–H groups in total. The van der Waals surface area contributed by atoms with E-state index in [0.29, 0.717) is 30.8 Å². The number of ketones is 1. The highest BCUT2D eigenvalue weighted by Gasteiger charge is 2.50. The van der Waals surface area contributed by atoms with Crippen LogP contribution in [0.2, 0.25) is 0 Å². The summed E-state index contributed by atoms with van der Waals surface area (Å²) < 4.78 is 5.89. The predicted octanol–water partition coefficient (Wildman–Crippen LogP) is 4.13. The summed E-state index contributed by atoms with van der Waals surface area (Å²) in [5, 5.41) is 13.3. The summed E-state index contributed by atoms with van der Waals surface area (Å²) in [5.41, 5.74) is 0.331. The SMILES string of the molecule is CC(=O)C[C@]1(O)C(=O)N(CCCOc2ccc3ccccc3c2)c2c(C)cccc21. The molecule has 4 rings (SSSR count). The first-order valence-electron chi connectivity index (χ1n) is 10.2. The summed E-state index contributed by atoms with van der Waals surface area (Å²) in [4.78, 5) is 26.4. The van der Waals surface area contributed by atoms with Crippen molar-refractivity contribution in [2.24, 2.45) is 0 Å². The molecule has 0 saturated carbocycles. The van der Waals surface area contributed by atoms with Crippen LogP contribution in [0.5, 0.6) is 5.75 Å². The molecule has 0 spiro atoms. The Morgan fingerprint density at radius 1 is 1.07 bits per heavy atom. The van der Waals surface area contributed by atoms with E-state index in [9.17, 15) is 14.7 Å². The van der Waals surface area contributed by atoms with Crippen molar-refractivity contribution in [3.05, 3.63) is 71.8 Å². The van der Waals surface area contributed by atoms with Gasteiger partial charge >= 0.3 is 0 Å². The molecule has 1 amide bonds. The molecule has 0 radical (unpaired) electrons. The van der Waals surface area contributed by atoms with Gasteiger partial charge in [0.25, 0.3) is 5.91 Å². The van der Waals surface area contributed by atoms with E-state index in [4.69, 9.17) is 4.74 Å². The van der Waals surface area contributed by atoms with Crippen molar-refractivity contribution in [2.75, 3.05) is 18.1 Å². The summed E-state index contributed by atoms with van der Waals surface area (Å²) in [6.45, 7) is 4.14. The lowest BCUT2D eigenvalue weighted by Crippen LogP contribution is -2.42. The molecule has 1 atom stereocenters. The van der Waals surface area contributed by atoms with Gasteiger partial charge in [0, 0.05) is 18.5 Å². The molecule has 0 aromatic heterocycles. The fraction of sp³-hybridized carbons (Fsp3) is 0.280. The standard InChI is InChI=1S/C25H25NO4/c1-17-7-5-10-22-23(17)26(24(28)25(22,29)16-18(2)27)13-6-14-30-21-12-11-19-8-3-4-9-20(19)15-21/h3-5,7-12,15,29H,6,13-14,16H2,1-2H3/t25-/m1/s1. The third-order valence-corrected chi connectivity index (χ3v) is 5.57. The molecule has 0 unspecified atom stereocenters. The van der Waals surface area contributed by atoms with Crippen LogP contribution in [0, 0.1) is 6.92 Å². The summed E-state index contributed by atoms with van der Waals surface area (Å²) >= 11 is 0. The number of Topliss-reactive ketones (excluding diaryl/α,β-unsaturated/α-hetero) is 1. The van der Waals surface area contributed by atoms with E-state index in [1.54, 1.807) is 17.0 Å². The Balaban J connectivity index is 1.46. The molecule has 0 saturated heterocycles. The fourth-order valence-electron chi connectivity index (χ4n) is 4.21. The van der Waals surface area contributed by atoms with Gasteiger partial charge in [-0.05, 0) is 48.7 Å². The second-order valence-corrected chi connectivity index (χ2v) is 7.88. The number of fused-ring (bicyclic) bond motifs is 2. The van der Waals surface area contributed by atoms with E-state index in [1.807, 2.05) is 49.4 Å². The second kappa shape index (κ2) is 7.92. The number of ether oxygens (including phenoxy) is 1. The molecule has 1 aliphatic rings. The zero-order chi connectivity index (χ0) is 21.3. The topological polar surface area (TPSA) is 66.8 Å². The Morgan fingerprint density at radius 2 is 1.83 bits per heavy atom. The molecule has 154 valence electrons. The van der Waals surface area contributed by atoms with Gasteiger partial charge in [-0.1, -0.05) is 48.5 Å². The maximum atomic E-state index is 13.1. The van der Waals surface area contributed by atoms with Crippen molar-refractivity contribution in [1.82, 2.24) is 0 Å². The number of rotatable bonds is 7. The highest BCUT2D eigenvalue weighted by atomic mass is 16.5. The van der Waals surface area contributed by atoms with E-state index >= 15 is 0 Å². The Morgan fingerprint density at radius 3 is 2.60 bits per heavy atom. The Bertz CT molecular complexity index is 1120. The van der Waals surface area contributed by atoms with Crippen LogP contribution < -0.4 is 9.64 Å². The second-order valence-electron chi connectivity index (χ2n) is 7.88. The van der Waals surface area contributed by atoms with Gasteiger partial charge in [-0.3, -0.25) is 9.59 Å². The lowest BCUT2D eigenvalue weighted by atomic mass is 9.89. The third kappa shape index (κ3) is 3.57. The number of para-hydroxylation sites is 1. The van der Waals surface area contributed by atoms with Gasteiger partial charge in [-0.15, -0.1) is 0 Å². The molecule has 0 bridgehead atoms. The lowest BCUT2D eigenvalue weighted by molar-refractivity contribution is -0.141. The molecule has 30 heavy (non-hydrogen) atoms. The van der Waals surface area contributed by atoms with Crippen LogP contribution in [-0.4, -0.2) is 29.9 Å². The minimum Gasteiger partial charge on any atom is -0.494 e. The number of carbonyl (C=O) groups is 2. The van der Waals surface area contributed by atoms with E-state index in [0.717, 1.165) is 22.1 Å². The van der Waals surface area contributed by atoms with E-state index < -0.39 is 11.5 Å². The normalized spacial score (nSPS) is 18.0. The number of benzene rings is 3. The number of amides is 1. The van der Waals surface area contributed by atoms with Crippen LogP contribution in [-0.2, 0) is 15.2 Å². The first-order chi connectivity index (χ1) is 14.4. The van der Waals surface area contributed by atoms with Crippen molar-refractivity contribution in [3.8, 4) is 5.75 Å². The number of nitrogens with zero attached hydrogens (tertiary/aromatic N) is 1. The predicted molar refractivity (Wildman–Crippen MR) is 117 cm³/mol. The highest BCUT2D eigenvalue weighted by molar-refractivity contribution is 6.09. The largest absolute Gasteiger partial charge is 0.494 e. The van der Waals surface area contributed by atoms with Gasteiger partial charge in [0.15, 0.2) is 5.60 Å². The molecule has 1 heterocycles. The zero-order valence-corrected chi connectivity index (χ0v) is 17.2. The van der Waals surface area contributed by atoms with Crippen LogP contribution in [0.4, 0.5) is 5.69 Å². The molecule has 1 aliphatic heterocycles. The van der Waals surface area contributed by atoms with Crippen LogP contribution in [0.1, 0.15) is 30.9 Å². The first kappa shape index (κ1) is 20.1. The fourth-order valence-corrected chi connectivity index (χ4v) is 4.21. The van der Waals surface area contributed by atoms with Gasteiger partial charge in [-0.2, -0.15) is 0 Å². The molecule has 3 aromatic rings. The molecular formula is C25H25NO4. The molecule has 5 heteroatoms. The molecule has 0 aliphatic carbocycles. The number of hydrogen-bond donors (Lipinski definition) is 1. The van der Waals surface area contributed by atoms with Crippen LogP contribution >= 0.6 is 0 Å². The Kier molecular flexibility index (Phi) is 5.31. The average Bonchev–Trinajstić information content (AvgIpc) is 2.93. The minimum atomic E-state index is -1.79. The monoisotopic (exact) mass is 403 g/mol. The minimum absolute atomic E-state index is 0.216. The van der Waals surface area contributed by atoms with Crippen molar-refractivity contribution < 1.29 is 19.4 Å². The summed E-state index contributed by atoms with van der Waals surface area (Å²) in [5.74, 6) is 0.124. The van der Waals surface area contributed by atoms with E-state index in [-0.39, 0.29) is 12.2 Å². The van der Waals surface area contributed by atoms with Crippen LogP contribution in [0.3, 0.4) is 0 Å². The third-order valence-electron chi connectivity index (χ3n) is 5.57. The van der Waals surface area contributed by atoms with Crippen molar-refractivity contribution >= 4 is 28.2 Å². The highest BCUT2D eigenvalue weighted by Crippen LogP contribution is 2.44. The number of hydrogen-bond acceptors (Lipinski definition) is 4. The molecule has 3 aromatic carbocycles. The number of carbonyl (C=O) groups excluding carboxylic acids is 2. The molecule has 0 fully saturated rings.